The van der Waals surface area contributed by atoms with Crippen LogP contribution in [0, 0.1) is 28.6 Å². The lowest BCUT2D eigenvalue weighted by Gasteiger charge is -2.10. The van der Waals surface area contributed by atoms with Crippen LogP contribution in [-0.4, -0.2) is 9.55 Å². The van der Waals surface area contributed by atoms with E-state index in [9.17, 15) is 4.79 Å². The molecular weight excluding hydrogens is 320 g/mol. The third-order valence-electron chi connectivity index (χ3n) is 2.99. The number of benzene rings is 1. The van der Waals surface area contributed by atoms with Gasteiger partial charge >= 0.3 is 0 Å². The normalized spacial score (nSPS) is 11.8. The van der Waals surface area contributed by atoms with Gasteiger partial charge in [-0.25, -0.2) is 4.98 Å². The van der Waals surface area contributed by atoms with E-state index in [2.05, 4.69) is 27.0 Å². The minimum absolute atomic E-state index is 0.173. The standard InChI is InChI=1S/C14H11BrN4O/c15-11-3-4-13-12(6-11)14(20)19(9-18-13)8-10(7-17)2-1-5-16/h3-4,6,9-10H,1-2,8H2/t10-/m0/s1. The van der Waals surface area contributed by atoms with E-state index < -0.39 is 0 Å². The Morgan fingerprint density at radius 1 is 1.40 bits per heavy atom. The second-order valence-electron chi connectivity index (χ2n) is 4.39. The van der Waals surface area contributed by atoms with Gasteiger partial charge in [-0.3, -0.25) is 9.36 Å². The van der Waals surface area contributed by atoms with Gasteiger partial charge in [0.1, 0.15) is 0 Å². The first-order valence-electron chi connectivity index (χ1n) is 6.07. The molecule has 2 aromatic rings. The lowest BCUT2D eigenvalue weighted by atomic mass is 10.1. The third-order valence-corrected chi connectivity index (χ3v) is 3.48. The van der Waals surface area contributed by atoms with Gasteiger partial charge < -0.3 is 0 Å². The van der Waals surface area contributed by atoms with E-state index in [1.807, 2.05) is 12.1 Å². The van der Waals surface area contributed by atoms with Gasteiger partial charge in [-0.15, -0.1) is 0 Å². The highest BCUT2D eigenvalue weighted by molar-refractivity contribution is 9.10. The molecule has 0 aliphatic rings. The van der Waals surface area contributed by atoms with Gasteiger partial charge in [0.25, 0.3) is 5.56 Å². The summed E-state index contributed by atoms with van der Waals surface area (Å²) in [6, 6.07) is 9.44. The molecule has 1 heterocycles. The number of fused-ring (bicyclic) bond motifs is 1. The molecule has 0 radical (unpaired) electrons. The summed E-state index contributed by atoms with van der Waals surface area (Å²) in [5.41, 5.74) is 0.452. The highest BCUT2D eigenvalue weighted by Gasteiger charge is 2.11. The van der Waals surface area contributed by atoms with Crippen LogP contribution < -0.4 is 5.56 Å². The van der Waals surface area contributed by atoms with Gasteiger partial charge in [0.2, 0.25) is 0 Å². The van der Waals surface area contributed by atoms with Gasteiger partial charge in [0.05, 0.1) is 35.3 Å². The highest BCUT2D eigenvalue weighted by Crippen LogP contribution is 2.15. The molecule has 0 spiro atoms. The van der Waals surface area contributed by atoms with Crippen molar-refractivity contribution in [1.82, 2.24) is 9.55 Å². The molecule has 0 bridgehead atoms. The predicted molar refractivity (Wildman–Crippen MR) is 77.7 cm³/mol. The summed E-state index contributed by atoms with van der Waals surface area (Å²) in [4.78, 5) is 16.6. The van der Waals surface area contributed by atoms with Crippen LogP contribution in [0.1, 0.15) is 12.8 Å². The number of nitriles is 2. The molecule has 20 heavy (non-hydrogen) atoms. The van der Waals surface area contributed by atoms with Gasteiger partial charge in [-0.1, -0.05) is 15.9 Å². The summed E-state index contributed by atoms with van der Waals surface area (Å²) in [5, 5.41) is 18.1. The first-order chi connectivity index (χ1) is 9.65. The van der Waals surface area contributed by atoms with E-state index in [1.54, 1.807) is 12.1 Å². The van der Waals surface area contributed by atoms with Crippen LogP contribution >= 0.6 is 15.9 Å². The van der Waals surface area contributed by atoms with Crippen molar-refractivity contribution in [2.45, 2.75) is 19.4 Å². The zero-order valence-corrected chi connectivity index (χ0v) is 12.2. The highest BCUT2D eigenvalue weighted by atomic mass is 79.9. The average Bonchev–Trinajstić information content (AvgIpc) is 2.46. The minimum atomic E-state index is -0.362. The quantitative estimate of drug-likeness (QED) is 0.862. The summed E-state index contributed by atoms with van der Waals surface area (Å²) in [5.74, 6) is -0.362. The summed E-state index contributed by atoms with van der Waals surface area (Å²) < 4.78 is 2.24. The Balaban J connectivity index is 2.36. The van der Waals surface area contributed by atoms with Crippen LogP contribution in [0.3, 0.4) is 0 Å². The fraction of sp³-hybridized carbons (Fsp3) is 0.286. The Hall–Kier alpha value is -2.18. The molecule has 5 nitrogen and oxygen atoms in total. The Morgan fingerprint density at radius 3 is 2.90 bits per heavy atom. The van der Waals surface area contributed by atoms with Gasteiger partial charge in [0.15, 0.2) is 0 Å². The van der Waals surface area contributed by atoms with Crippen LogP contribution in [0.15, 0.2) is 33.8 Å². The summed E-state index contributed by atoms with van der Waals surface area (Å²) in [6.45, 7) is 0.256. The van der Waals surface area contributed by atoms with Gasteiger partial charge in [-0.05, 0) is 24.6 Å². The fourth-order valence-corrected chi connectivity index (χ4v) is 2.30. The van der Waals surface area contributed by atoms with Crippen molar-refractivity contribution in [1.29, 1.82) is 10.5 Å². The summed E-state index contributed by atoms with van der Waals surface area (Å²) in [6.07, 6.45) is 2.21. The van der Waals surface area contributed by atoms with Crippen molar-refractivity contribution in [2.24, 2.45) is 5.92 Å². The van der Waals surface area contributed by atoms with Crippen molar-refractivity contribution in [3.63, 3.8) is 0 Å². The van der Waals surface area contributed by atoms with Crippen LogP contribution in [0.2, 0.25) is 0 Å². The fourth-order valence-electron chi connectivity index (χ4n) is 1.93. The molecule has 2 rings (SSSR count). The number of hydrogen-bond donors (Lipinski definition) is 0. The number of rotatable bonds is 4. The third kappa shape index (κ3) is 3.04. The Bertz CT molecular complexity index is 769. The van der Waals surface area contributed by atoms with E-state index in [0.717, 1.165) is 4.47 Å². The molecule has 1 atom stereocenters. The average molecular weight is 331 g/mol. The maximum Gasteiger partial charge on any atom is 0.261 e. The summed E-state index contributed by atoms with van der Waals surface area (Å²) in [7, 11) is 0. The van der Waals surface area contributed by atoms with Crippen LogP contribution in [-0.2, 0) is 6.54 Å². The Morgan fingerprint density at radius 2 is 2.20 bits per heavy atom. The molecule has 0 unspecified atom stereocenters. The van der Waals surface area contributed by atoms with Crippen LogP contribution in [0.5, 0.6) is 0 Å². The lowest BCUT2D eigenvalue weighted by Crippen LogP contribution is -2.24. The van der Waals surface area contributed by atoms with Crippen LogP contribution in [0.4, 0.5) is 0 Å². The molecule has 0 aliphatic carbocycles. The zero-order chi connectivity index (χ0) is 14.5. The Labute approximate surface area is 124 Å². The largest absolute Gasteiger partial charge is 0.297 e. The zero-order valence-electron chi connectivity index (χ0n) is 10.6. The van der Waals surface area contributed by atoms with Crippen molar-refractivity contribution >= 4 is 26.8 Å². The van der Waals surface area contributed by atoms with Crippen molar-refractivity contribution in [3.05, 3.63) is 39.4 Å². The molecule has 1 aromatic heterocycles. The maximum absolute atomic E-state index is 12.3. The lowest BCUT2D eigenvalue weighted by molar-refractivity contribution is 0.498. The number of nitrogens with zero attached hydrogens (tertiary/aromatic N) is 4. The molecule has 0 saturated carbocycles. The monoisotopic (exact) mass is 330 g/mol. The van der Waals surface area contributed by atoms with Gasteiger partial charge in [0, 0.05) is 17.4 Å². The molecule has 1 aromatic carbocycles. The Kier molecular flexibility index (Phi) is 4.49. The number of aromatic nitrogens is 2. The molecule has 0 amide bonds. The van der Waals surface area contributed by atoms with Crippen molar-refractivity contribution < 1.29 is 0 Å². The first kappa shape index (κ1) is 14.2. The van der Waals surface area contributed by atoms with Gasteiger partial charge in [-0.2, -0.15) is 10.5 Å². The molecule has 0 aliphatic heterocycles. The van der Waals surface area contributed by atoms with E-state index in [4.69, 9.17) is 10.5 Å². The smallest absolute Gasteiger partial charge is 0.261 e. The van der Waals surface area contributed by atoms with Crippen LogP contribution in [0.25, 0.3) is 10.9 Å². The SMILES string of the molecule is N#CCC[C@@H](C#N)Cn1cnc2ccc(Br)cc2c1=O. The molecule has 0 saturated heterocycles. The second-order valence-corrected chi connectivity index (χ2v) is 5.30. The topological polar surface area (TPSA) is 82.5 Å². The minimum Gasteiger partial charge on any atom is -0.297 e. The molecule has 0 fully saturated rings. The molecular formula is C14H11BrN4O. The molecule has 0 N–H and O–H groups in total. The predicted octanol–water partition coefficient (Wildman–Crippen LogP) is 2.60. The van der Waals surface area contributed by atoms with E-state index >= 15 is 0 Å². The number of hydrogen-bond acceptors (Lipinski definition) is 4. The second kappa shape index (κ2) is 6.31. The molecule has 6 heteroatoms. The van der Waals surface area contributed by atoms with E-state index in [-0.39, 0.29) is 18.0 Å². The van der Waals surface area contributed by atoms with Crippen molar-refractivity contribution in [2.75, 3.05) is 0 Å². The van der Waals surface area contributed by atoms with E-state index in [1.165, 1.54) is 10.9 Å². The summed E-state index contributed by atoms with van der Waals surface area (Å²) >= 11 is 3.33. The molecule has 100 valence electrons. The van der Waals surface area contributed by atoms with Crippen molar-refractivity contribution in [3.8, 4) is 12.1 Å². The first-order valence-corrected chi connectivity index (χ1v) is 6.86. The maximum atomic E-state index is 12.3. The number of halogens is 1. The van der Waals surface area contributed by atoms with E-state index in [0.29, 0.717) is 23.7 Å².